The van der Waals surface area contributed by atoms with Crippen molar-refractivity contribution in [2.45, 2.75) is 31.3 Å². The largest absolute Gasteiger partial charge is 0.310 e. The van der Waals surface area contributed by atoms with Gasteiger partial charge in [-0.3, -0.25) is 0 Å². The molecule has 16 heavy (non-hydrogen) atoms. The zero-order valence-corrected chi connectivity index (χ0v) is 11.3. The minimum absolute atomic E-state index is 0.530. The lowest BCUT2D eigenvalue weighted by atomic mass is 10.2. The van der Waals surface area contributed by atoms with E-state index >= 15 is 0 Å². The average Bonchev–Trinajstić information content (AvgIpc) is 2.28. The van der Waals surface area contributed by atoms with E-state index in [2.05, 4.69) is 43.4 Å². The van der Waals surface area contributed by atoms with Crippen molar-refractivity contribution >= 4 is 23.4 Å². The number of rotatable bonds is 6. The van der Waals surface area contributed by atoms with Crippen LogP contribution in [0.25, 0.3) is 0 Å². The number of nitrogens with one attached hydrogen (secondary N) is 1. The first kappa shape index (κ1) is 13.6. The van der Waals surface area contributed by atoms with Crippen molar-refractivity contribution in [2.24, 2.45) is 0 Å². The predicted octanol–water partition coefficient (Wildman–Crippen LogP) is 4.03. The summed E-state index contributed by atoms with van der Waals surface area (Å²) in [7, 11) is 0. The third-order valence-electron chi connectivity index (χ3n) is 2.07. The third kappa shape index (κ3) is 5.59. The van der Waals surface area contributed by atoms with E-state index in [0.29, 0.717) is 6.04 Å². The van der Waals surface area contributed by atoms with E-state index in [4.69, 9.17) is 11.6 Å². The first-order chi connectivity index (χ1) is 7.72. The lowest BCUT2D eigenvalue weighted by molar-refractivity contribution is 0.588. The van der Waals surface area contributed by atoms with Crippen molar-refractivity contribution in [3.8, 4) is 0 Å². The van der Waals surface area contributed by atoms with Gasteiger partial charge in [0.15, 0.2) is 0 Å². The second-order valence-corrected chi connectivity index (χ2v) is 5.20. The van der Waals surface area contributed by atoms with Gasteiger partial charge in [-0.05, 0) is 17.7 Å². The molecule has 1 aromatic carbocycles. The molecule has 1 aromatic rings. The van der Waals surface area contributed by atoms with Crippen LogP contribution in [0.3, 0.4) is 0 Å². The van der Waals surface area contributed by atoms with Crippen LogP contribution in [0.1, 0.15) is 19.4 Å². The molecule has 0 aliphatic heterocycles. The summed E-state index contributed by atoms with van der Waals surface area (Å²) in [6, 6.07) is 9.18. The SMILES string of the molecule is CC(C)NCc1ccc(SC/C=C/Cl)cc1. The third-order valence-corrected chi connectivity index (χ3v) is 3.22. The highest BCUT2D eigenvalue weighted by atomic mass is 35.5. The second kappa shape index (κ2) is 7.77. The van der Waals surface area contributed by atoms with Crippen molar-refractivity contribution in [3.05, 3.63) is 41.4 Å². The molecule has 0 aliphatic carbocycles. The van der Waals surface area contributed by atoms with Gasteiger partial charge in [-0.2, -0.15) is 0 Å². The molecule has 0 saturated heterocycles. The number of hydrogen-bond donors (Lipinski definition) is 1. The van der Waals surface area contributed by atoms with Gasteiger partial charge >= 0.3 is 0 Å². The molecule has 1 nitrogen and oxygen atoms in total. The number of benzene rings is 1. The van der Waals surface area contributed by atoms with Crippen molar-refractivity contribution in [1.82, 2.24) is 5.32 Å². The molecular formula is C13H18ClNS. The molecule has 0 aromatic heterocycles. The Hall–Kier alpha value is -0.440. The first-order valence-electron chi connectivity index (χ1n) is 5.42. The zero-order chi connectivity index (χ0) is 11.8. The summed E-state index contributed by atoms with van der Waals surface area (Å²) in [6.45, 7) is 5.25. The van der Waals surface area contributed by atoms with E-state index in [9.17, 15) is 0 Å². The molecule has 1 rings (SSSR count). The Bertz CT molecular complexity index is 319. The van der Waals surface area contributed by atoms with Crippen molar-refractivity contribution in [1.29, 1.82) is 0 Å². The van der Waals surface area contributed by atoms with Gasteiger partial charge in [0.25, 0.3) is 0 Å². The van der Waals surface area contributed by atoms with E-state index in [0.717, 1.165) is 12.3 Å². The molecule has 0 unspecified atom stereocenters. The highest BCUT2D eigenvalue weighted by molar-refractivity contribution is 7.99. The Morgan fingerprint density at radius 1 is 1.31 bits per heavy atom. The van der Waals surface area contributed by atoms with Gasteiger partial charge in [0.1, 0.15) is 0 Å². The monoisotopic (exact) mass is 255 g/mol. The minimum atomic E-state index is 0.530. The fraction of sp³-hybridized carbons (Fsp3) is 0.385. The molecule has 0 fully saturated rings. The van der Waals surface area contributed by atoms with E-state index in [1.54, 1.807) is 17.3 Å². The minimum Gasteiger partial charge on any atom is -0.310 e. The molecule has 0 aliphatic rings. The van der Waals surface area contributed by atoms with Gasteiger partial charge < -0.3 is 5.32 Å². The average molecular weight is 256 g/mol. The standard InChI is InChI=1S/C13H18ClNS/c1-11(2)15-10-12-4-6-13(7-5-12)16-9-3-8-14/h3-8,11,15H,9-10H2,1-2H3/b8-3+. The lowest BCUT2D eigenvalue weighted by Crippen LogP contribution is -2.21. The maximum Gasteiger partial charge on any atom is 0.0207 e. The Balaban J connectivity index is 2.41. The highest BCUT2D eigenvalue weighted by Crippen LogP contribution is 2.18. The van der Waals surface area contributed by atoms with Gasteiger partial charge in [-0.25, -0.2) is 0 Å². The molecule has 0 heterocycles. The maximum absolute atomic E-state index is 5.46. The van der Waals surface area contributed by atoms with Crippen LogP contribution in [0.4, 0.5) is 0 Å². The van der Waals surface area contributed by atoms with Crippen LogP contribution in [-0.2, 0) is 6.54 Å². The molecule has 0 amide bonds. The first-order valence-corrected chi connectivity index (χ1v) is 6.85. The topological polar surface area (TPSA) is 12.0 Å². The van der Waals surface area contributed by atoms with Crippen LogP contribution in [0.15, 0.2) is 40.8 Å². The number of halogens is 1. The van der Waals surface area contributed by atoms with Gasteiger partial charge in [-0.15, -0.1) is 11.8 Å². The molecule has 1 N–H and O–H groups in total. The molecule has 0 atom stereocenters. The zero-order valence-electron chi connectivity index (χ0n) is 9.74. The highest BCUT2D eigenvalue weighted by Gasteiger charge is 1.96. The molecular weight excluding hydrogens is 238 g/mol. The summed E-state index contributed by atoms with van der Waals surface area (Å²) in [5.41, 5.74) is 2.89. The van der Waals surface area contributed by atoms with E-state index in [-0.39, 0.29) is 0 Å². The summed E-state index contributed by atoms with van der Waals surface area (Å²) in [4.78, 5) is 1.28. The number of hydrogen-bond acceptors (Lipinski definition) is 2. The Morgan fingerprint density at radius 2 is 2.00 bits per heavy atom. The lowest BCUT2D eigenvalue weighted by Gasteiger charge is -2.08. The molecule has 0 bridgehead atoms. The Labute approximate surface area is 107 Å². The Kier molecular flexibility index (Phi) is 6.62. The van der Waals surface area contributed by atoms with Crippen LogP contribution in [-0.4, -0.2) is 11.8 Å². The van der Waals surface area contributed by atoms with Crippen LogP contribution in [0.5, 0.6) is 0 Å². The van der Waals surface area contributed by atoms with Gasteiger partial charge in [0.2, 0.25) is 0 Å². The smallest absolute Gasteiger partial charge is 0.0207 e. The predicted molar refractivity (Wildman–Crippen MR) is 74.1 cm³/mol. The summed E-state index contributed by atoms with van der Waals surface area (Å²) in [6.07, 6.45) is 1.94. The van der Waals surface area contributed by atoms with Crippen LogP contribution in [0, 0.1) is 0 Å². The molecule has 0 spiro atoms. The Morgan fingerprint density at radius 3 is 2.56 bits per heavy atom. The molecule has 0 radical (unpaired) electrons. The molecule has 0 saturated carbocycles. The molecule has 88 valence electrons. The van der Waals surface area contributed by atoms with Gasteiger partial charge in [0.05, 0.1) is 0 Å². The van der Waals surface area contributed by atoms with E-state index in [1.807, 2.05) is 6.08 Å². The summed E-state index contributed by atoms with van der Waals surface area (Å²) >= 11 is 7.25. The normalized spacial score (nSPS) is 11.5. The fourth-order valence-corrected chi connectivity index (χ4v) is 2.11. The number of thioether (sulfide) groups is 1. The summed E-state index contributed by atoms with van der Waals surface area (Å²) in [5, 5.41) is 3.40. The van der Waals surface area contributed by atoms with Crippen molar-refractivity contribution < 1.29 is 0 Å². The summed E-state index contributed by atoms with van der Waals surface area (Å²) in [5.74, 6) is 0.924. The van der Waals surface area contributed by atoms with Gasteiger partial charge in [0, 0.05) is 28.8 Å². The van der Waals surface area contributed by atoms with Crippen LogP contribution >= 0.6 is 23.4 Å². The van der Waals surface area contributed by atoms with Crippen molar-refractivity contribution in [3.63, 3.8) is 0 Å². The van der Waals surface area contributed by atoms with E-state index < -0.39 is 0 Å². The second-order valence-electron chi connectivity index (χ2n) is 3.85. The fourth-order valence-electron chi connectivity index (χ4n) is 1.21. The van der Waals surface area contributed by atoms with Crippen LogP contribution < -0.4 is 5.32 Å². The quantitative estimate of drug-likeness (QED) is 0.771. The van der Waals surface area contributed by atoms with E-state index in [1.165, 1.54) is 10.5 Å². The van der Waals surface area contributed by atoms with Crippen molar-refractivity contribution in [2.75, 3.05) is 5.75 Å². The summed E-state index contributed by atoms with van der Waals surface area (Å²) < 4.78 is 0. The maximum atomic E-state index is 5.46. The molecule has 3 heteroatoms. The van der Waals surface area contributed by atoms with Gasteiger partial charge in [-0.1, -0.05) is 43.7 Å². The van der Waals surface area contributed by atoms with Crippen LogP contribution in [0.2, 0.25) is 0 Å².